The summed E-state index contributed by atoms with van der Waals surface area (Å²) in [5.41, 5.74) is 1.37. The van der Waals surface area contributed by atoms with Crippen molar-refractivity contribution in [2.45, 2.75) is 31.8 Å². The zero-order valence-electron chi connectivity index (χ0n) is 15.0. The van der Waals surface area contributed by atoms with Crippen molar-refractivity contribution in [3.63, 3.8) is 0 Å². The number of aromatic nitrogens is 2. The molecule has 0 bridgehead atoms. The van der Waals surface area contributed by atoms with Crippen LogP contribution >= 0.6 is 0 Å². The number of amides is 3. The maximum atomic E-state index is 12.8. The van der Waals surface area contributed by atoms with E-state index in [1.807, 2.05) is 18.9 Å². The van der Waals surface area contributed by atoms with Gasteiger partial charge in [-0.25, -0.2) is 4.79 Å². The van der Waals surface area contributed by atoms with Gasteiger partial charge < -0.3 is 19.9 Å². The highest BCUT2D eigenvalue weighted by Crippen LogP contribution is 2.33. The Balaban J connectivity index is 1.44. The quantitative estimate of drug-likeness (QED) is 0.793. The Hall–Kier alpha value is -2.58. The van der Waals surface area contributed by atoms with Crippen LogP contribution in [0.2, 0.25) is 0 Å². The second kappa shape index (κ2) is 6.30. The summed E-state index contributed by atoms with van der Waals surface area (Å²) in [6, 6.07) is 1.27. The summed E-state index contributed by atoms with van der Waals surface area (Å²) in [6.45, 7) is 4.00. The minimum Gasteiger partial charge on any atom is -0.449 e. The molecule has 3 amide bonds. The van der Waals surface area contributed by atoms with Crippen molar-refractivity contribution in [3.8, 4) is 0 Å². The van der Waals surface area contributed by atoms with Crippen LogP contribution in [0.5, 0.6) is 0 Å². The van der Waals surface area contributed by atoms with E-state index in [4.69, 9.17) is 4.74 Å². The number of rotatable bonds is 2. The lowest BCUT2D eigenvalue weighted by molar-refractivity contribution is -0.135. The Morgan fingerprint density at radius 1 is 1.31 bits per heavy atom. The van der Waals surface area contributed by atoms with Gasteiger partial charge in [0.25, 0.3) is 5.91 Å². The molecule has 9 nitrogen and oxygen atoms in total. The van der Waals surface area contributed by atoms with Crippen LogP contribution in [0.1, 0.15) is 29.0 Å². The Kier molecular flexibility index (Phi) is 4.08. The van der Waals surface area contributed by atoms with Crippen LogP contribution in [0.4, 0.5) is 4.79 Å². The zero-order valence-corrected chi connectivity index (χ0v) is 15.0. The highest BCUT2D eigenvalue weighted by molar-refractivity contribution is 5.93. The number of aryl methyl sites for hydroxylation is 2. The van der Waals surface area contributed by atoms with E-state index in [1.54, 1.807) is 15.6 Å². The van der Waals surface area contributed by atoms with E-state index in [0.29, 0.717) is 31.7 Å². The lowest BCUT2D eigenvalue weighted by atomic mass is 10.0. The average molecular weight is 361 g/mol. The summed E-state index contributed by atoms with van der Waals surface area (Å²) < 4.78 is 6.52. The fourth-order valence-electron chi connectivity index (χ4n) is 4.14. The van der Waals surface area contributed by atoms with Crippen LogP contribution in [-0.4, -0.2) is 75.8 Å². The van der Waals surface area contributed by atoms with Gasteiger partial charge in [-0.1, -0.05) is 0 Å². The summed E-state index contributed by atoms with van der Waals surface area (Å²) in [4.78, 5) is 40.6. The van der Waals surface area contributed by atoms with Gasteiger partial charge in [-0.3, -0.25) is 14.3 Å². The van der Waals surface area contributed by atoms with Crippen molar-refractivity contribution in [2.75, 3.05) is 26.2 Å². The summed E-state index contributed by atoms with van der Waals surface area (Å²) in [5.74, 6) is 0.121. The van der Waals surface area contributed by atoms with Crippen LogP contribution in [-0.2, 0) is 16.6 Å². The molecule has 1 aromatic rings. The van der Waals surface area contributed by atoms with Gasteiger partial charge in [0, 0.05) is 44.7 Å². The van der Waals surface area contributed by atoms with Crippen LogP contribution in [0.25, 0.3) is 0 Å². The number of ether oxygens (including phenoxy) is 1. The van der Waals surface area contributed by atoms with Crippen LogP contribution < -0.4 is 5.32 Å². The van der Waals surface area contributed by atoms with Gasteiger partial charge in [-0.2, -0.15) is 5.10 Å². The molecule has 140 valence electrons. The second-order valence-electron chi connectivity index (χ2n) is 7.27. The third-order valence-corrected chi connectivity index (χ3v) is 5.68. The van der Waals surface area contributed by atoms with E-state index in [9.17, 15) is 14.4 Å². The third kappa shape index (κ3) is 2.81. The first-order valence-corrected chi connectivity index (χ1v) is 8.97. The first-order chi connectivity index (χ1) is 12.4. The summed E-state index contributed by atoms with van der Waals surface area (Å²) >= 11 is 0. The molecule has 0 radical (unpaired) electrons. The van der Waals surface area contributed by atoms with Crippen molar-refractivity contribution in [1.29, 1.82) is 0 Å². The van der Waals surface area contributed by atoms with E-state index >= 15 is 0 Å². The molecule has 3 saturated heterocycles. The predicted octanol–water partition coefficient (Wildman–Crippen LogP) is -0.100. The first kappa shape index (κ1) is 16.9. The Labute approximate surface area is 151 Å². The zero-order chi connectivity index (χ0) is 18.4. The number of nitrogens with zero attached hydrogens (tertiary/aromatic N) is 4. The van der Waals surface area contributed by atoms with E-state index in [0.717, 1.165) is 12.1 Å². The molecule has 0 spiro atoms. The molecule has 1 N–H and O–H groups in total. The molecule has 3 aliphatic heterocycles. The normalized spacial score (nSPS) is 27.9. The summed E-state index contributed by atoms with van der Waals surface area (Å²) in [6.07, 6.45) is 0.812. The lowest BCUT2D eigenvalue weighted by Gasteiger charge is -2.30. The first-order valence-electron chi connectivity index (χ1n) is 8.97. The number of hydrogen-bond acceptors (Lipinski definition) is 5. The standard InChI is InChI=1S/C17H23N5O4/c1-10-7-13(19-20(10)2)15(23)21-8-11-3-5-22(14(11)9-21)16(24)12-4-6-26-17(25)18-12/h7,11-12,14H,3-6,8-9H2,1-2H3,(H,18,25)/t11-,12-,14+/m0/s1. The second-order valence-corrected chi connectivity index (χ2v) is 7.27. The van der Waals surface area contributed by atoms with Crippen LogP contribution in [0.15, 0.2) is 6.07 Å². The van der Waals surface area contributed by atoms with Gasteiger partial charge in [0.2, 0.25) is 5.91 Å². The number of fused-ring (bicyclic) bond motifs is 1. The van der Waals surface area contributed by atoms with Crippen molar-refractivity contribution in [2.24, 2.45) is 13.0 Å². The highest BCUT2D eigenvalue weighted by Gasteiger charge is 2.46. The summed E-state index contributed by atoms with van der Waals surface area (Å²) in [7, 11) is 1.81. The summed E-state index contributed by atoms with van der Waals surface area (Å²) in [5, 5.41) is 6.86. The molecule has 4 heterocycles. The van der Waals surface area contributed by atoms with Crippen molar-refractivity contribution in [1.82, 2.24) is 24.9 Å². The molecule has 9 heteroatoms. The van der Waals surface area contributed by atoms with Gasteiger partial charge in [-0.15, -0.1) is 0 Å². The number of alkyl carbamates (subject to hydrolysis) is 1. The number of carbonyl (C=O) groups is 3. The van der Waals surface area contributed by atoms with Crippen molar-refractivity contribution >= 4 is 17.9 Å². The third-order valence-electron chi connectivity index (χ3n) is 5.68. The van der Waals surface area contributed by atoms with Gasteiger partial charge in [0.05, 0.1) is 12.6 Å². The highest BCUT2D eigenvalue weighted by atomic mass is 16.6. The molecule has 0 aromatic carbocycles. The minimum atomic E-state index is -0.543. The maximum Gasteiger partial charge on any atom is 0.407 e. The number of cyclic esters (lactones) is 1. The number of likely N-dealkylation sites (tertiary alicyclic amines) is 2. The molecule has 3 atom stereocenters. The van der Waals surface area contributed by atoms with Gasteiger partial charge in [0.1, 0.15) is 6.04 Å². The molecule has 1 aromatic heterocycles. The van der Waals surface area contributed by atoms with Crippen LogP contribution in [0.3, 0.4) is 0 Å². The Morgan fingerprint density at radius 2 is 2.12 bits per heavy atom. The maximum absolute atomic E-state index is 12.8. The van der Waals surface area contributed by atoms with Gasteiger partial charge in [-0.05, 0) is 19.4 Å². The van der Waals surface area contributed by atoms with Crippen molar-refractivity contribution in [3.05, 3.63) is 17.5 Å². The smallest absolute Gasteiger partial charge is 0.407 e. The average Bonchev–Trinajstić information content (AvgIpc) is 3.28. The molecular weight excluding hydrogens is 338 g/mol. The predicted molar refractivity (Wildman–Crippen MR) is 90.3 cm³/mol. The SMILES string of the molecule is Cc1cc(C(=O)N2C[C@@H]3CCN(C(=O)[C@@H]4CCOC(=O)N4)[C@@H]3C2)nn1C. The van der Waals surface area contributed by atoms with Gasteiger partial charge in [0.15, 0.2) is 5.69 Å². The van der Waals surface area contributed by atoms with E-state index in [1.165, 1.54) is 0 Å². The molecule has 3 fully saturated rings. The molecule has 0 saturated carbocycles. The fraction of sp³-hybridized carbons (Fsp3) is 0.647. The van der Waals surface area contributed by atoms with Gasteiger partial charge >= 0.3 is 6.09 Å². The minimum absolute atomic E-state index is 0.0102. The topological polar surface area (TPSA) is 96.8 Å². The number of nitrogens with one attached hydrogen (secondary N) is 1. The Morgan fingerprint density at radius 3 is 2.81 bits per heavy atom. The van der Waals surface area contributed by atoms with Crippen molar-refractivity contribution < 1.29 is 19.1 Å². The van der Waals surface area contributed by atoms with E-state index in [-0.39, 0.29) is 30.4 Å². The largest absolute Gasteiger partial charge is 0.449 e. The molecule has 3 aliphatic rings. The Bertz CT molecular complexity index is 741. The van der Waals surface area contributed by atoms with E-state index < -0.39 is 12.1 Å². The van der Waals surface area contributed by atoms with Crippen LogP contribution in [0, 0.1) is 12.8 Å². The fourth-order valence-corrected chi connectivity index (χ4v) is 4.14. The molecule has 0 aliphatic carbocycles. The number of hydrogen-bond donors (Lipinski definition) is 1. The molecule has 26 heavy (non-hydrogen) atoms. The lowest BCUT2D eigenvalue weighted by Crippen LogP contribution is -2.54. The molecule has 4 rings (SSSR count). The van der Waals surface area contributed by atoms with E-state index in [2.05, 4.69) is 10.4 Å². The monoisotopic (exact) mass is 361 g/mol. The molecular formula is C17H23N5O4. The number of carbonyl (C=O) groups excluding carboxylic acids is 3. The molecule has 0 unspecified atom stereocenters.